The lowest BCUT2D eigenvalue weighted by molar-refractivity contribution is -0.121. The van der Waals surface area contributed by atoms with Gasteiger partial charge in [-0.3, -0.25) is 9.59 Å². The van der Waals surface area contributed by atoms with Gasteiger partial charge in [-0.1, -0.05) is 6.07 Å². The van der Waals surface area contributed by atoms with Crippen LogP contribution in [0.3, 0.4) is 0 Å². The highest BCUT2D eigenvalue weighted by Crippen LogP contribution is 2.33. The van der Waals surface area contributed by atoms with E-state index in [1.165, 1.54) is 24.2 Å². The first-order valence-electron chi connectivity index (χ1n) is 11.1. The predicted octanol–water partition coefficient (Wildman–Crippen LogP) is 4.67. The molecule has 1 aliphatic heterocycles. The molecule has 6 rings (SSSR count). The minimum atomic E-state index is -0.709. The molecule has 3 aromatic heterocycles. The fraction of sp³-hybridized carbons (Fsp3) is 0.200. The van der Waals surface area contributed by atoms with Crippen LogP contribution in [-0.2, 0) is 24.3 Å². The van der Waals surface area contributed by atoms with Crippen LogP contribution in [0.4, 0.5) is 10.1 Å². The Morgan fingerprint density at radius 2 is 2.09 bits per heavy atom. The first-order valence-corrected chi connectivity index (χ1v) is 11.8. The SMILES string of the molecule is CC(=O)C1Cc2c([nH]c3cccc(F)c23)CN1C(=O)c1occc1CNc1ccc2nsnc2c1. The number of rotatable bonds is 5. The van der Waals surface area contributed by atoms with Crippen molar-refractivity contribution in [1.82, 2.24) is 18.6 Å². The van der Waals surface area contributed by atoms with Crippen molar-refractivity contribution < 1.29 is 18.4 Å². The summed E-state index contributed by atoms with van der Waals surface area (Å²) in [5.74, 6) is -0.707. The van der Waals surface area contributed by atoms with Crippen molar-refractivity contribution >= 4 is 51.0 Å². The standard InChI is InChI=1S/C25H20FN5O3S/c1-13(32)22-10-16-21(28-19-4-2-3-17(26)23(16)19)12-31(22)25(33)24-14(7-8-34-24)11-27-15-5-6-18-20(9-15)30-35-29-18/h2-9,22,27-28H,10-12H2,1H3. The van der Waals surface area contributed by atoms with Gasteiger partial charge in [0.05, 0.1) is 30.6 Å². The van der Waals surface area contributed by atoms with Gasteiger partial charge in [0.15, 0.2) is 11.5 Å². The zero-order valence-electron chi connectivity index (χ0n) is 18.7. The third-order valence-corrected chi connectivity index (χ3v) is 7.03. The molecule has 5 aromatic rings. The summed E-state index contributed by atoms with van der Waals surface area (Å²) in [6.45, 7) is 1.96. The molecule has 10 heteroatoms. The van der Waals surface area contributed by atoms with Crippen LogP contribution in [0.5, 0.6) is 0 Å². The molecule has 0 saturated heterocycles. The molecule has 2 aromatic carbocycles. The lowest BCUT2D eigenvalue weighted by Gasteiger charge is -2.34. The third-order valence-electron chi connectivity index (χ3n) is 6.48. The second-order valence-corrected chi connectivity index (χ2v) is 9.13. The number of anilines is 1. The maximum absolute atomic E-state index is 14.5. The van der Waals surface area contributed by atoms with Gasteiger partial charge in [0.2, 0.25) is 0 Å². The fourth-order valence-electron chi connectivity index (χ4n) is 4.73. The summed E-state index contributed by atoms with van der Waals surface area (Å²) < 4.78 is 28.6. The van der Waals surface area contributed by atoms with E-state index in [9.17, 15) is 14.0 Å². The Morgan fingerprint density at radius 1 is 1.23 bits per heavy atom. The van der Waals surface area contributed by atoms with Gasteiger partial charge in [-0.15, -0.1) is 0 Å². The average molecular weight is 490 g/mol. The molecule has 0 aliphatic carbocycles. The molecule has 1 aliphatic rings. The molecule has 0 spiro atoms. The fourth-order valence-corrected chi connectivity index (χ4v) is 5.24. The van der Waals surface area contributed by atoms with Gasteiger partial charge >= 0.3 is 0 Å². The van der Waals surface area contributed by atoms with Crippen LogP contribution in [0, 0.1) is 5.82 Å². The van der Waals surface area contributed by atoms with Gasteiger partial charge in [0.1, 0.15) is 16.9 Å². The number of carbonyl (C=O) groups excluding carboxylic acids is 2. The van der Waals surface area contributed by atoms with Gasteiger partial charge in [-0.25, -0.2) is 4.39 Å². The predicted molar refractivity (Wildman–Crippen MR) is 130 cm³/mol. The molecular weight excluding hydrogens is 469 g/mol. The number of benzene rings is 2. The number of aromatic amines is 1. The largest absolute Gasteiger partial charge is 0.459 e. The van der Waals surface area contributed by atoms with Gasteiger partial charge in [0, 0.05) is 40.8 Å². The van der Waals surface area contributed by atoms with E-state index in [-0.39, 0.29) is 36.2 Å². The molecule has 176 valence electrons. The average Bonchev–Trinajstić information content (AvgIpc) is 3.59. The van der Waals surface area contributed by atoms with Crippen LogP contribution >= 0.6 is 11.7 Å². The second kappa shape index (κ2) is 8.31. The van der Waals surface area contributed by atoms with E-state index < -0.39 is 6.04 Å². The number of nitrogens with one attached hydrogen (secondary N) is 2. The summed E-state index contributed by atoms with van der Waals surface area (Å²) >= 11 is 1.16. The van der Waals surface area contributed by atoms with Crippen molar-refractivity contribution in [3.05, 3.63) is 77.1 Å². The maximum atomic E-state index is 14.5. The highest BCUT2D eigenvalue weighted by Gasteiger charge is 2.37. The van der Waals surface area contributed by atoms with Crippen LogP contribution in [-0.4, -0.2) is 36.4 Å². The Balaban J connectivity index is 1.28. The van der Waals surface area contributed by atoms with Crippen LogP contribution in [0.25, 0.3) is 21.9 Å². The third kappa shape index (κ3) is 3.66. The Kier molecular flexibility index (Phi) is 5.10. The van der Waals surface area contributed by atoms with Crippen molar-refractivity contribution in [3.63, 3.8) is 0 Å². The van der Waals surface area contributed by atoms with Crippen molar-refractivity contribution in [1.29, 1.82) is 0 Å². The summed E-state index contributed by atoms with van der Waals surface area (Å²) in [4.78, 5) is 30.9. The van der Waals surface area contributed by atoms with Crippen molar-refractivity contribution in [2.45, 2.75) is 32.5 Å². The highest BCUT2D eigenvalue weighted by molar-refractivity contribution is 7.00. The number of H-pyrrole nitrogens is 1. The molecular formula is C25H20FN5O3S. The summed E-state index contributed by atoms with van der Waals surface area (Å²) in [6, 6.07) is 11.5. The maximum Gasteiger partial charge on any atom is 0.290 e. The Bertz CT molecular complexity index is 1600. The Hall–Kier alpha value is -4.05. The van der Waals surface area contributed by atoms with E-state index in [1.807, 2.05) is 18.2 Å². The van der Waals surface area contributed by atoms with Gasteiger partial charge in [-0.2, -0.15) is 8.75 Å². The summed E-state index contributed by atoms with van der Waals surface area (Å²) in [6.07, 6.45) is 1.71. The highest BCUT2D eigenvalue weighted by atomic mass is 32.1. The lowest BCUT2D eigenvalue weighted by Crippen LogP contribution is -2.48. The summed E-state index contributed by atoms with van der Waals surface area (Å²) in [5.41, 5.74) is 5.27. The van der Waals surface area contributed by atoms with Crippen LogP contribution in [0.1, 0.15) is 34.3 Å². The topological polar surface area (TPSA) is 104 Å². The second-order valence-electron chi connectivity index (χ2n) is 8.60. The van der Waals surface area contributed by atoms with E-state index in [0.717, 1.165) is 39.7 Å². The minimum Gasteiger partial charge on any atom is -0.459 e. The number of nitrogens with zero attached hydrogens (tertiary/aromatic N) is 3. The minimum absolute atomic E-state index is 0.160. The molecule has 2 N–H and O–H groups in total. The Labute approximate surface area is 203 Å². The number of fused-ring (bicyclic) bond motifs is 4. The number of hydrogen-bond acceptors (Lipinski definition) is 7. The molecule has 8 nitrogen and oxygen atoms in total. The summed E-state index contributed by atoms with van der Waals surface area (Å²) in [7, 11) is 0. The molecule has 1 unspecified atom stereocenters. The number of hydrogen-bond donors (Lipinski definition) is 2. The van der Waals surface area contributed by atoms with Crippen LogP contribution < -0.4 is 5.32 Å². The van der Waals surface area contributed by atoms with Crippen LogP contribution in [0.15, 0.2) is 53.1 Å². The number of aromatic nitrogens is 3. The molecule has 0 radical (unpaired) electrons. The number of ketones is 1. The van der Waals surface area contributed by atoms with Crippen LogP contribution in [0.2, 0.25) is 0 Å². The van der Waals surface area contributed by atoms with E-state index >= 15 is 0 Å². The quantitative estimate of drug-likeness (QED) is 0.372. The van der Waals surface area contributed by atoms with E-state index in [1.54, 1.807) is 18.2 Å². The molecule has 1 amide bonds. The van der Waals surface area contributed by atoms with Gasteiger partial charge in [0.25, 0.3) is 5.91 Å². The van der Waals surface area contributed by atoms with E-state index in [2.05, 4.69) is 19.0 Å². The monoisotopic (exact) mass is 489 g/mol. The normalized spacial score (nSPS) is 15.5. The van der Waals surface area contributed by atoms with Gasteiger partial charge in [-0.05, 0) is 48.9 Å². The molecule has 0 saturated carbocycles. The van der Waals surface area contributed by atoms with Crippen molar-refractivity contribution in [2.75, 3.05) is 5.32 Å². The lowest BCUT2D eigenvalue weighted by atomic mass is 9.93. The number of carbonyl (C=O) groups is 2. The zero-order chi connectivity index (χ0) is 24.1. The van der Waals surface area contributed by atoms with Gasteiger partial charge < -0.3 is 19.6 Å². The van der Waals surface area contributed by atoms with E-state index in [0.29, 0.717) is 23.0 Å². The zero-order valence-corrected chi connectivity index (χ0v) is 19.5. The number of amides is 1. The molecule has 4 heterocycles. The van der Waals surface area contributed by atoms with E-state index in [4.69, 9.17) is 4.42 Å². The van der Waals surface area contributed by atoms with Crippen molar-refractivity contribution in [2.24, 2.45) is 0 Å². The van der Waals surface area contributed by atoms with Crippen molar-refractivity contribution in [3.8, 4) is 0 Å². The smallest absolute Gasteiger partial charge is 0.290 e. The first-order chi connectivity index (χ1) is 17.0. The number of furan rings is 1. The first kappa shape index (κ1) is 21.5. The molecule has 0 bridgehead atoms. The summed E-state index contributed by atoms with van der Waals surface area (Å²) in [5, 5.41) is 3.77. The number of Topliss-reactive ketones (excluding diaryl/α,β-unsaturated/α-hetero) is 1. The Morgan fingerprint density at radius 3 is 2.94 bits per heavy atom. The molecule has 35 heavy (non-hydrogen) atoms. The number of halogens is 1. The molecule has 0 fully saturated rings. The molecule has 1 atom stereocenters.